The molecule has 0 aromatic rings. The summed E-state index contributed by atoms with van der Waals surface area (Å²) in [6.45, 7) is 13.1. The lowest BCUT2D eigenvalue weighted by atomic mass is 9.97. The topological polar surface area (TPSA) is 35.6 Å². The van der Waals surface area contributed by atoms with Crippen LogP contribution in [0.1, 0.15) is 26.7 Å². The number of likely N-dealkylation sites (N-methyl/N-ethyl adjacent to an activating group) is 1. The smallest absolute Gasteiger partial charge is 0.237 e. The van der Waals surface area contributed by atoms with Crippen LogP contribution >= 0.6 is 0 Å². The van der Waals surface area contributed by atoms with Crippen molar-refractivity contribution < 1.29 is 4.79 Å². The molecule has 19 heavy (non-hydrogen) atoms. The van der Waals surface area contributed by atoms with Crippen LogP contribution in [0.15, 0.2) is 12.2 Å². The molecule has 1 aliphatic heterocycles. The monoisotopic (exact) mass is 267 g/mol. The SMILES string of the molecule is C=C(C)CN(CC)C(=O)CN1CCC(CNC)CC1. The maximum absolute atomic E-state index is 12.2. The van der Waals surface area contributed by atoms with Gasteiger partial charge in [-0.05, 0) is 59.3 Å². The summed E-state index contributed by atoms with van der Waals surface area (Å²) in [5.74, 6) is 1.01. The molecule has 0 atom stereocenters. The quantitative estimate of drug-likeness (QED) is 0.707. The number of nitrogens with zero attached hydrogens (tertiary/aromatic N) is 2. The Labute approximate surface area is 117 Å². The Morgan fingerprint density at radius 3 is 2.53 bits per heavy atom. The van der Waals surface area contributed by atoms with Gasteiger partial charge < -0.3 is 10.2 Å². The number of hydrogen-bond donors (Lipinski definition) is 1. The van der Waals surface area contributed by atoms with Crippen LogP contribution in [0.3, 0.4) is 0 Å². The fraction of sp³-hybridized carbons (Fsp3) is 0.800. The lowest BCUT2D eigenvalue weighted by molar-refractivity contribution is -0.132. The number of carbonyl (C=O) groups excluding carboxylic acids is 1. The molecule has 0 aromatic carbocycles. The molecule has 1 heterocycles. The summed E-state index contributed by atoms with van der Waals surface area (Å²) in [6.07, 6.45) is 2.39. The molecule has 0 aromatic heterocycles. The summed E-state index contributed by atoms with van der Waals surface area (Å²) in [6, 6.07) is 0. The molecule has 0 saturated carbocycles. The minimum Gasteiger partial charge on any atom is -0.338 e. The van der Waals surface area contributed by atoms with Crippen molar-refractivity contribution in [1.29, 1.82) is 0 Å². The molecule has 1 aliphatic rings. The fourth-order valence-electron chi connectivity index (χ4n) is 2.63. The molecule has 1 saturated heterocycles. The van der Waals surface area contributed by atoms with Gasteiger partial charge in [-0.3, -0.25) is 9.69 Å². The minimum absolute atomic E-state index is 0.234. The zero-order valence-corrected chi connectivity index (χ0v) is 12.7. The van der Waals surface area contributed by atoms with Crippen molar-refractivity contribution in [3.63, 3.8) is 0 Å². The first-order chi connectivity index (χ1) is 9.06. The molecule has 4 nitrogen and oxygen atoms in total. The summed E-state index contributed by atoms with van der Waals surface area (Å²) >= 11 is 0. The van der Waals surface area contributed by atoms with Gasteiger partial charge >= 0.3 is 0 Å². The number of hydrogen-bond acceptors (Lipinski definition) is 3. The normalized spacial score (nSPS) is 17.4. The molecule has 0 bridgehead atoms. The molecule has 0 aliphatic carbocycles. The van der Waals surface area contributed by atoms with Crippen LogP contribution in [0.5, 0.6) is 0 Å². The highest BCUT2D eigenvalue weighted by Gasteiger charge is 2.22. The number of rotatable bonds is 7. The van der Waals surface area contributed by atoms with E-state index >= 15 is 0 Å². The van der Waals surface area contributed by atoms with Crippen LogP contribution in [0, 0.1) is 5.92 Å². The highest BCUT2D eigenvalue weighted by atomic mass is 16.2. The van der Waals surface area contributed by atoms with Crippen LogP contribution in [0.2, 0.25) is 0 Å². The summed E-state index contributed by atoms with van der Waals surface area (Å²) < 4.78 is 0. The third-order valence-corrected chi connectivity index (χ3v) is 3.75. The highest BCUT2D eigenvalue weighted by Crippen LogP contribution is 2.16. The molecule has 1 amide bonds. The molecule has 0 unspecified atom stereocenters. The molecule has 1 N–H and O–H groups in total. The Hall–Kier alpha value is -0.870. The van der Waals surface area contributed by atoms with Gasteiger partial charge in [-0.2, -0.15) is 0 Å². The molecule has 1 rings (SSSR count). The van der Waals surface area contributed by atoms with Gasteiger partial charge in [-0.25, -0.2) is 0 Å². The molecular formula is C15H29N3O. The summed E-state index contributed by atoms with van der Waals surface area (Å²) in [5, 5.41) is 3.24. The average molecular weight is 267 g/mol. The standard InChI is InChI=1S/C15H29N3O/c1-5-18(11-13(2)3)15(19)12-17-8-6-14(7-9-17)10-16-4/h14,16H,2,5-12H2,1,3-4H3. The van der Waals surface area contributed by atoms with E-state index < -0.39 is 0 Å². The Kier molecular flexibility index (Phi) is 7.10. The summed E-state index contributed by atoms with van der Waals surface area (Å²) in [7, 11) is 2.01. The summed E-state index contributed by atoms with van der Waals surface area (Å²) in [5.41, 5.74) is 1.04. The van der Waals surface area contributed by atoms with Crippen molar-refractivity contribution in [2.45, 2.75) is 26.7 Å². The van der Waals surface area contributed by atoms with E-state index in [0.29, 0.717) is 13.1 Å². The zero-order valence-electron chi connectivity index (χ0n) is 12.7. The first-order valence-corrected chi connectivity index (χ1v) is 7.35. The van der Waals surface area contributed by atoms with Crippen LogP contribution in [-0.4, -0.2) is 62.0 Å². The van der Waals surface area contributed by atoms with Crippen molar-refractivity contribution in [2.75, 3.05) is 46.3 Å². The third-order valence-electron chi connectivity index (χ3n) is 3.75. The van der Waals surface area contributed by atoms with Gasteiger partial charge in [0, 0.05) is 13.1 Å². The number of carbonyl (C=O) groups is 1. The number of nitrogens with one attached hydrogen (secondary N) is 1. The first-order valence-electron chi connectivity index (χ1n) is 7.35. The van der Waals surface area contributed by atoms with Crippen LogP contribution in [0.4, 0.5) is 0 Å². The van der Waals surface area contributed by atoms with E-state index in [4.69, 9.17) is 0 Å². The minimum atomic E-state index is 0.234. The first kappa shape index (κ1) is 16.2. The maximum atomic E-state index is 12.2. The number of amides is 1. The fourth-order valence-corrected chi connectivity index (χ4v) is 2.63. The Morgan fingerprint density at radius 2 is 2.05 bits per heavy atom. The van der Waals surface area contributed by atoms with Gasteiger partial charge in [-0.15, -0.1) is 0 Å². The van der Waals surface area contributed by atoms with Crippen molar-refractivity contribution in [3.8, 4) is 0 Å². The predicted octanol–water partition coefficient (Wildman–Crippen LogP) is 1.34. The van der Waals surface area contributed by atoms with Gasteiger partial charge in [0.05, 0.1) is 6.54 Å². The largest absolute Gasteiger partial charge is 0.338 e. The van der Waals surface area contributed by atoms with E-state index in [0.717, 1.165) is 37.7 Å². The van der Waals surface area contributed by atoms with Gasteiger partial charge in [-0.1, -0.05) is 12.2 Å². The van der Waals surface area contributed by atoms with E-state index in [9.17, 15) is 4.79 Å². The van der Waals surface area contributed by atoms with Crippen LogP contribution in [0.25, 0.3) is 0 Å². The second-order valence-corrected chi connectivity index (χ2v) is 5.64. The van der Waals surface area contributed by atoms with E-state index in [2.05, 4.69) is 16.8 Å². The van der Waals surface area contributed by atoms with Gasteiger partial charge in [0.25, 0.3) is 0 Å². The maximum Gasteiger partial charge on any atom is 0.237 e. The van der Waals surface area contributed by atoms with Crippen molar-refractivity contribution in [3.05, 3.63) is 12.2 Å². The van der Waals surface area contributed by atoms with Gasteiger partial charge in [0.2, 0.25) is 5.91 Å². The Bertz CT molecular complexity index is 296. The van der Waals surface area contributed by atoms with Crippen molar-refractivity contribution in [1.82, 2.24) is 15.1 Å². The van der Waals surface area contributed by atoms with Crippen molar-refractivity contribution >= 4 is 5.91 Å². The number of likely N-dealkylation sites (tertiary alicyclic amines) is 1. The predicted molar refractivity (Wildman–Crippen MR) is 80.2 cm³/mol. The third kappa shape index (κ3) is 5.74. The van der Waals surface area contributed by atoms with E-state index in [1.807, 2.05) is 25.8 Å². The lowest BCUT2D eigenvalue weighted by Gasteiger charge is -2.33. The van der Waals surface area contributed by atoms with E-state index in [-0.39, 0.29) is 5.91 Å². The van der Waals surface area contributed by atoms with Crippen LogP contribution in [-0.2, 0) is 4.79 Å². The van der Waals surface area contributed by atoms with Gasteiger partial charge in [0.15, 0.2) is 0 Å². The molecule has 110 valence electrons. The highest BCUT2D eigenvalue weighted by molar-refractivity contribution is 5.78. The van der Waals surface area contributed by atoms with Crippen LogP contribution < -0.4 is 5.32 Å². The molecule has 4 heteroatoms. The molecule has 0 radical (unpaired) electrons. The number of piperidine rings is 1. The Balaban J connectivity index is 2.34. The lowest BCUT2D eigenvalue weighted by Crippen LogP contribution is -2.44. The summed E-state index contributed by atoms with van der Waals surface area (Å²) in [4.78, 5) is 16.4. The van der Waals surface area contributed by atoms with E-state index in [1.165, 1.54) is 12.8 Å². The second-order valence-electron chi connectivity index (χ2n) is 5.64. The molecule has 0 spiro atoms. The molecule has 1 fully saturated rings. The second kappa shape index (κ2) is 8.33. The van der Waals surface area contributed by atoms with Crippen molar-refractivity contribution in [2.24, 2.45) is 5.92 Å². The van der Waals surface area contributed by atoms with E-state index in [1.54, 1.807) is 0 Å². The average Bonchev–Trinajstić information content (AvgIpc) is 2.38. The molecular weight excluding hydrogens is 238 g/mol. The zero-order chi connectivity index (χ0) is 14.3. The Morgan fingerprint density at radius 1 is 1.42 bits per heavy atom. The van der Waals surface area contributed by atoms with Gasteiger partial charge in [0.1, 0.15) is 0 Å².